The topological polar surface area (TPSA) is 31.9 Å². The predicted molar refractivity (Wildman–Crippen MR) is 85.9 cm³/mol. The fraction of sp³-hybridized carbons (Fsp3) is 0.438. The van der Waals surface area contributed by atoms with Gasteiger partial charge in [-0.3, -0.25) is 10.00 Å². The van der Waals surface area contributed by atoms with E-state index < -0.39 is 0 Å². The zero-order valence-electron chi connectivity index (χ0n) is 12.4. The lowest BCUT2D eigenvalue weighted by Gasteiger charge is -2.32. The monoisotopic (exact) mass is 305 g/mol. The largest absolute Gasteiger partial charge is 0.295 e. The molecule has 3 nitrogen and oxygen atoms in total. The molecule has 1 atom stereocenters. The number of nitrogens with one attached hydrogen (secondary N) is 1. The summed E-state index contributed by atoms with van der Waals surface area (Å²) in [6.07, 6.45) is 3.09. The maximum absolute atomic E-state index is 14.0. The summed E-state index contributed by atoms with van der Waals surface area (Å²) in [5.41, 5.74) is 3.67. The molecule has 0 aliphatic carbocycles. The molecule has 1 aliphatic rings. The number of aromatic amines is 1. The van der Waals surface area contributed by atoms with E-state index in [0.29, 0.717) is 11.6 Å². The summed E-state index contributed by atoms with van der Waals surface area (Å²) in [7, 11) is 0. The van der Waals surface area contributed by atoms with Crippen molar-refractivity contribution in [1.82, 2.24) is 15.1 Å². The molecule has 0 bridgehead atoms. The zero-order chi connectivity index (χ0) is 14.8. The Bertz CT molecular complexity index is 626. The molecule has 0 spiro atoms. The smallest absolute Gasteiger partial charge is 0.132 e. The summed E-state index contributed by atoms with van der Waals surface area (Å²) in [5, 5.41) is 7.47. The fourth-order valence-electron chi connectivity index (χ4n) is 2.91. The van der Waals surface area contributed by atoms with Crippen LogP contribution < -0.4 is 0 Å². The van der Waals surface area contributed by atoms with Gasteiger partial charge < -0.3 is 0 Å². The SMILES string of the molecule is CSCC(C)N1CCc2[nH]nc(-c3ccccc3F)c2C1. The highest BCUT2D eigenvalue weighted by Gasteiger charge is 2.26. The van der Waals surface area contributed by atoms with E-state index >= 15 is 0 Å². The van der Waals surface area contributed by atoms with Crippen molar-refractivity contribution < 1.29 is 4.39 Å². The van der Waals surface area contributed by atoms with Crippen LogP contribution in [0.25, 0.3) is 11.3 Å². The van der Waals surface area contributed by atoms with Crippen molar-refractivity contribution in [2.24, 2.45) is 0 Å². The second-order valence-electron chi connectivity index (χ2n) is 5.53. The van der Waals surface area contributed by atoms with Crippen LogP contribution in [0.4, 0.5) is 4.39 Å². The number of hydrogen-bond acceptors (Lipinski definition) is 3. The Morgan fingerprint density at radius 3 is 3.00 bits per heavy atom. The lowest BCUT2D eigenvalue weighted by Crippen LogP contribution is -2.38. The van der Waals surface area contributed by atoms with E-state index in [2.05, 4.69) is 28.3 Å². The van der Waals surface area contributed by atoms with Gasteiger partial charge in [0.25, 0.3) is 0 Å². The first-order valence-corrected chi connectivity index (χ1v) is 8.64. The molecular weight excluding hydrogens is 285 g/mol. The number of thioether (sulfide) groups is 1. The third-order valence-electron chi connectivity index (χ3n) is 4.12. The molecule has 1 aromatic heterocycles. The van der Waals surface area contributed by atoms with Crippen LogP contribution in [0.5, 0.6) is 0 Å². The van der Waals surface area contributed by atoms with E-state index in [9.17, 15) is 4.39 Å². The van der Waals surface area contributed by atoms with Crippen LogP contribution in [0.3, 0.4) is 0 Å². The van der Waals surface area contributed by atoms with Crippen LogP contribution >= 0.6 is 11.8 Å². The fourth-order valence-corrected chi connectivity index (χ4v) is 3.61. The van der Waals surface area contributed by atoms with Crippen molar-refractivity contribution in [2.45, 2.75) is 25.9 Å². The molecule has 1 aliphatic heterocycles. The van der Waals surface area contributed by atoms with Gasteiger partial charge in [0.05, 0.1) is 5.69 Å². The van der Waals surface area contributed by atoms with E-state index in [1.807, 2.05) is 17.8 Å². The molecule has 2 heterocycles. The standard InChI is InChI=1S/C16H20FN3S/c1-11(10-21-2)20-8-7-15-13(9-20)16(19-18-15)12-5-3-4-6-14(12)17/h3-6,11H,7-10H2,1-2H3,(H,18,19). The lowest BCUT2D eigenvalue weighted by atomic mass is 10.00. The molecule has 0 amide bonds. The molecule has 112 valence electrons. The zero-order valence-corrected chi connectivity index (χ0v) is 13.2. The van der Waals surface area contributed by atoms with Gasteiger partial charge in [-0.25, -0.2) is 4.39 Å². The van der Waals surface area contributed by atoms with Gasteiger partial charge in [0.15, 0.2) is 0 Å². The summed E-state index contributed by atoms with van der Waals surface area (Å²) in [5.74, 6) is 0.906. The number of rotatable bonds is 4. The average molecular weight is 305 g/mol. The Labute approximate surface area is 128 Å². The van der Waals surface area contributed by atoms with Crippen LogP contribution in [-0.2, 0) is 13.0 Å². The van der Waals surface area contributed by atoms with Crippen LogP contribution in [0.1, 0.15) is 18.2 Å². The summed E-state index contributed by atoms with van der Waals surface area (Å²) >= 11 is 1.86. The van der Waals surface area contributed by atoms with E-state index in [1.165, 1.54) is 6.07 Å². The van der Waals surface area contributed by atoms with E-state index in [1.54, 1.807) is 12.1 Å². The van der Waals surface area contributed by atoms with Gasteiger partial charge in [-0.2, -0.15) is 16.9 Å². The molecule has 21 heavy (non-hydrogen) atoms. The highest BCUT2D eigenvalue weighted by atomic mass is 32.2. The summed E-state index contributed by atoms with van der Waals surface area (Å²) in [4.78, 5) is 2.46. The number of nitrogens with zero attached hydrogens (tertiary/aromatic N) is 2. The molecule has 1 N–H and O–H groups in total. The maximum atomic E-state index is 14.0. The van der Waals surface area contributed by atoms with E-state index in [-0.39, 0.29) is 5.82 Å². The average Bonchev–Trinajstić information content (AvgIpc) is 2.91. The summed E-state index contributed by atoms with van der Waals surface area (Å²) < 4.78 is 14.0. The molecule has 2 aromatic rings. The van der Waals surface area contributed by atoms with Crippen LogP contribution in [-0.4, -0.2) is 39.7 Å². The van der Waals surface area contributed by atoms with Crippen molar-refractivity contribution in [3.8, 4) is 11.3 Å². The highest BCUT2D eigenvalue weighted by Crippen LogP contribution is 2.30. The number of H-pyrrole nitrogens is 1. The van der Waals surface area contributed by atoms with Crippen molar-refractivity contribution >= 4 is 11.8 Å². The molecular formula is C16H20FN3S. The normalized spacial score (nSPS) is 16.7. The molecule has 0 saturated carbocycles. The Morgan fingerprint density at radius 2 is 2.24 bits per heavy atom. The molecule has 0 radical (unpaired) electrons. The van der Waals surface area contributed by atoms with E-state index in [0.717, 1.165) is 42.2 Å². The first-order valence-electron chi connectivity index (χ1n) is 7.24. The second-order valence-corrected chi connectivity index (χ2v) is 6.44. The number of benzene rings is 1. The third kappa shape index (κ3) is 2.85. The highest BCUT2D eigenvalue weighted by molar-refractivity contribution is 7.98. The van der Waals surface area contributed by atoms with Gasteiger partial charge in [0, 0.05) is 48.1 Å². The van der Waals surface area contributed by atoms with Gasteiger partial charge in [0.2, 0.25) is 0 Å². The van der Waals surface area contributed by atoms with Gasteiger partial charge >= 0.3 is 0 Å². The first kappa shape index (κ1) is 14.6. The number of halogens is 1. The third-order valence-corrected chi connectivity index (χ3v) is 4.94. The van der Waals surface area contributed by atoms with Gasteiger partial charge in [-0.15, -0.1) is 0 Å². The van der Waals surface area contributed by atoms with Gasteiger partial charge in [0.1, 0.15) is 5.82 Å². The predicted octanol–water partition coefficient (Wildman–Crippen LogP) is 3.33. The van der Waals surface area contributed by atoms with E-state index in [4.69, 9.17) is 0 Å². The Balaban J connectivity index is 1.91. The van der Waals surface area contributed by atoms with Crippen molar-refractivity contribution in [1.29, 1.82) is 0 Å². The van der Waals surface area contributed by atoms with Crippen molar-refractivity contribution in [3.63, 3.8) is 0 Å². The number of hydrogen-bond donors (Lipinski definition) is 1. The summed E-state index contributed by atoms with van der Waals surface area (Å²) in [6, 6.07) is 7.39. The lowest BCUT2D eigenvalue weighted by molar-refractivity contribution is 0.206. The first-order chi connectivity index (χ1) is 10.2. The molecule has 5 heteroatoms. The quantitative estimate of drug-likeness (QED) is 0.940. The maximum Gasteiger partial charge on any atom is 0.132 e. The minimum atomic E-state index is -0.207. The Hall–Kier alpha value is -1.33. The molecule has 1 unspecified atom stereocenters. The van der Waals surface area contributed by atoms with Gasteiger partial charge in [-0.1, -0.05) is 12.1 Å². The number of aromatic nitrogens is 2. The molecule has 0 saturated heterocycles. The van der Waals surface area contributed by atoms with Gasteiger partial charge in [-0.05, 0) is 25.3 Å². The molecule has 3 rings (SSSR count). The minimum absolute atomic E-state index is 0.207. The summed E-state index contributed by atoms with van der Waals surface area (Å²) in [6.45, 7) is 4.13. The molecule has 0 fully saturated rings. The van der Waals surface area contributed by atoms with Crippen molar-refractivity contribution in [3.05, 3.63) is 41.3 Å². The van der Waals surface area contributed by atoms with Crippen LogP contribution in [0.2, 0.25) is 0 Å². The Morgan fingerprint density at radius 1 is 1.43 bits per heavy atom. The minimum Gasteiger partial charge on any atom is -0.295 e. The Kier molecular flexibility index (Phi) is 4.31. The number of fused-ring (bicyclic) bond motifs is 1. The van der Waals surface area contributed by atoms with Crippen LogP contribution in [0.15, 0.2) is 24.3 Å². The van der Waals surface area contributed by atoms with Crippen LogP contribution in [0, 0.1) is 5.82 Å². The second kappa shape index (κ2) is 6.20. The molecule has 1 aromatic carbocycles. The van der Waals surface area contributed by atoms with Crippen molar-refractivity contribution in [2.75, 3.05) is 18.6 Å².